The number of furan rings is 1. The van der Waals surface area contributed by atoms with Crippen molar-refractivity contribution in [2.45, 2.75) is 13.3 Å². The first-order valence-electron chi connectivity index (χ1n) is 3.67. The summed E-state index contributed by atoms with van der Waals surface area (Å²) in [7, 11) is 0. The molecule has 1 heteroatoms. The summed E-state index contributed by atoms with van der Waals surface area (Å²) in [5, 5.41) is 1.07. The Balaban J connectivity index is 3.46. The standard InChI is InChI=1S/C10H12O/c1-4-9(5-2)10-6-7-11-8(10)3/h4,6-7H,1,3,5H2,2H3/b10-9+. The molecule has 0 saturated carbocycles. The SMILES string of the molecule is C=C/C(CC)=c1/ccoc1=C. The van der Waals surface area contributed by atoms with E-state index in [0.29, 0.717) is 0 Å². The monoisotopic (exact) mass is 148 g/mol. The van der Waals surface area contributed by atoms with E-state index in [0.717, 1.165) is 17.1 Å². The average Bonchev–Trinajstić information content (AvgIpc) is 2.40. The number of hydrogen-bond donors (Lipinski definition) is 0. The summed E-state index contributed by atoms with van der Waals surface area (Å²) in [5.74, 6) is 0. The van der Waals surface area contributed by atoms with Crippen molar-refractivity contribution in [1.29, 1.82) is 0 Å². The Morgan fingerprint density at radius 3 is 2.82 bits per heavy atom. The average molecular weight is 148 g/mol. The lowest BCUT2D eigenvalue weighted by Crippen LogP contribution is -2.19. The highest BCUT2D eigenvalue weighted by atomic mass is 16.3. The highest BCUT2D eigenvalue weighted by molar-refractivity contribution is 5.54. The van der Waals surface area contributed by atoms with E-state index < -0.39 is 0 Å². The lowest BCUT2D eigenvalue weighted by atomic mass is 10.1. The molecule has 0 fully saturated rings. The summed E-state index contributed by atoms with van der Waals surface area (Å²) in [6.07, 6.45) is 4.46. The molecule has 0 aliphatic carbocycles. The van der Waals surface area contributed by atoms with Gasteiger partial charge in [-0.05, 0) is 18.1 Å². The molecule has 0 spiro atoms. The van der Waals surface area contributed by atoms with Crippen LogP contribution in [0.3, 0.4) is 0 Å². The minimum absolute atomic E-state index is 0.724. The first-order valence-corrected chi connectivity index (χ1v) is 3.67. The molecule has 0 unspecified atom stereocenters. The van der Waals surface area contributed by atoms with Gasteiger partial charge in [-0.25, -0.2) is 0 Å². The van der Waals surface area contributed by atoms with E-state index in [1.807, 2.05) is 12.1 Å². The van der Waals surface area contributed by atoms with E-state index in [-0.39, 0.29) is 0 Å². The molecule has 0 saturated heterocycles. The minimum Gasteiger partial charge on any atom is -0.465 e. The van der Waals surface area contributed by atoms with Crippen LogP contribution in [-0.2, 0) is 0 Å². The van der Waals surface area contributed by atoms with Gasteiger partial charge < -0.3 is 4.42 Å². The summed E-state index contributed by atoms with van der Waals surface area (Å²) in [5.41, 5.74) is 1.91. The fourth-order valence-corrected chi connectivity index (χ4v) is 1.07. The Morgan fingerprint density at radius 1 is 1.73 bits per heavy atom. The molecule has 58 valence electrons. The summed E-state index contributed by atoms with van der Waals surface area (Å²) in [4.78, 5) is 0. The highest BCUT2D eigenvalue weighted by Gasteiger charge is 1.91. The quantitative estimate of drug-likeness (QED) is 0.618. The van der Waals surface area contributed by atoms with Gasteiger partial charge in [-0.1, -0.05) is 26.2 Å². The van der Waals surface area contributed by atoms with Crippen LogP contribution in [0, 0.1) is 0 Å². The molecule has 0 N–H and O–H groups in total. The molecule has 1 rings (SSSR count). The molecule has 0 bridgehead atoms. The predicted octanol–water partition coefficient (Wildman–Crippen LogP) is 1.44. The smallest absolute Gasteiger partial charge is 0.126 e. The molecule has 0 aliphatic heterocycles. The van der Waals surface area contributed by atoms with Gasteiger partial charge in [0.15, 0.2) is 0 Å². The first-order chi connectivity index (χ1) is 5.29. The van der Waals surface area contributed by atoms with Crippen LogP contribution in [0.2, 0.25) is 0 Å². The molecule has 0 atom stereocenters. The molecule has 0 aromatic carbocycles. The van der Waals surface area contributed by atoms with E-state index in [1.165, 1.54) is 5.57 Å². The van der Waals surface area contributed by atoms with Crippen LogP contribution in [0.5, 0.6) is 0 Å². The van der Waals surface area contributed by atoms with Crippen molar-refractivity contribution in [3.8, 4) is 0 Å². The summed E-state index contributed by atoms with van der Waals surface area (Å²) < 4.78 is 5.07. The zero-order valence-electron chi connectivity index (χ0n) is 6.76. The van der Waals surface area contributed by atoms with E-state index in [2.05, 4.69) is 20.1 Å². The molecule has 0 amide bonds. The van der Waals surface area contributed by atoms with Crippen LogP contribution in [0.4, 0.5) is 0 Å². The molecule has 1 nitrogen and oxygen atoms in total. The lowest BCUT2D eigenvalue weighted by Gasteiger charge is -1.90. The zero-order valence-corrected chi connectivity index (χ0v) is 6.76. The highest BCUT2D eigenvalue weighted by Crippen LogP contribution is 1.97. The Labute approximate surface area is 66.3 Å². The van der Waals surface area contributed by atoms with Crippen LogP contribution in [0.1, 0.15) is 13.3 Å². The number of rotatable bonds is 2. The predicted molar refractivity (Wildman–Crippen MR) is 47.4 cm³/mol. The second-order valence-electron chi connectivity index (χ2n) is 2.34. The molecule has 11 heavy (non-hydrogen) atoms. The summed E-state index contributed by atoms with van der Waals surface area (Å²) in [6, 6.07) is 1.92. The minimum atomic E-state index is 0.724. The van der Waals surface area contributed by atoms with Gasteiger partial charge in [-0.3, -0.25) is 0 Å². The van der Waals surface area contributed by atoms with Gasteiger partial charge in [0.25, 0.3) is 0 Å². The van der Waals surface area contributed by atoms with Crippen molar-refractivity contribution >= 4 is 12.2 Å². The van der Waals surface area contributed by atoms with Gasteiger partial charge in [0.2, 0.25) is 0 Å². The third kappa shape index (κ3) is 1.43. The Bertz CT molecular complexity index is 343. The first kappa shape index (κ1) is 7.86. The lowest BCUT2D eigenvalue weighted by molar-refractivity contribution is 0.532. The van der Waals surface area contributed by atoms with E-state index in [9.17, 15) is 0 Å². The Kier molecular flexibility index (Phi) is 2.32. The normalized spacial score (nSPS) is 12.8. The second kappa shape index (κ2) is 3.24. The van der Waals surface area contributed by atoms with Gasteiger partial charge in [0.05, 0.1) is 6.26 Å². The maximum atomic E-state index is 5.07. The molecule has 0 aliphatic rings. The van der Waals surface area contributed by atoms with Gasteiger partial charge in [0.1, 0.15) is 5.42 Å². The zero-order chi connectivity index (χ0) is 8.27. The Hall–Kier alpha value is -1.24. The van der Waals surface area contributed by atoms with Gasteiger partial charge in [0, 0.05) is 5.22 Å². The molecule has 1 aromatic rings. The van der Waals surface area contributed by atoms with E-state index in [1.54, 1.807) is 6.26 Å². The fraction of sp³-hybridized carbons (Fsp3) is 0.200. The van der Waals surface area contributed by atoms with Gasteiger partial charge in [-0.2, -0.15) is 0 Å². The van der Waals surface area contributed by atoms with Crippen LogP contribution >= 0.6 is 0 Å². The summed E-state index contributed by atoms with van der Waals surface area (Å²) in [6.45, 7) is 9.57. The molecule has 1 aromatic heterocycles. The van der Waals surface area contributed by atoms with E-state index in [4.69, 9.17) is 4.42 Å². The third-order valence-corrected chi connectivity index (χ3v) is 1.72. The fourth-order valence-electron chi connectivity index (χ4n) is 1.07. The molecular weight excluding hydrogens is 136 g/mol. The number of hydrogen-bond acceptors (Lipinski definition) is 1. The topological polar surface area (TPSA) is 13.1 Å². The maximum absolute atomic E-state index is 5.07. The van der Waals surface area contributed by atoms with Crippen molar-refractivity contribution in [3.05, 3.63) is 35.6 Å². The largest absolute Gasteiger partial charge is 0.465 e. The van der Waals surface area contributed by atoms with Gasteiger partial charge in [-0.15, -0.1) is 0 Å². The Morgan fingerprint density at radius 2 is 2.45 bits per heavy atom. The molecular formula is C10H12O. The number of allylic oxidation sites excluding steroid dienone is 1. The maximum Gasteiger partial charge on any atom is 0.126 e. The van der Waals surface area contributed by atoms with Crippen LogP contribution in [-0.4, -0.2) is 0 Å². The van der Waals surface area contributed by atoms with Crippen molar-refractivity contribution in [3.63, 3.8) is 0 Å². The molecule has 0 radical (unpaired) electrons. The van der Waals surface area contributed by atoms with Gasteiger partial charge >= 0.3 is 0 Å². The van der Waals surface area contributed by atoms with Crippen molar-refractivity contribution in [1.82, 2.24) is 0 Å². The van der Waals surface area contributed by atoms with Crippen molar-refractivity contribution < 1.29 is 4.42 Å². The van der Waals surface area contributed by atoms with Crippen LogP contribution in [0.25, 0.3) is 12.2 Å². The van der Waals surface area contributed by atoms with Crippen LogP contribution in [0.15, 0.2) is 29.4 Å². The van der Waals surface area contributed by atoms with E-state index >= 15 is 0 Å². The second-order valence-corrected chi connectivity index (χ2v) is 2.34. The third-order valence-electron chi connectivity index (χ3n) is 1.72. The van der Waals surface area contributed by atoms with Crippen molar-refractivity contribution in [2.24, 2.45) is 0 Å². The van der Waals surface area contributed by atoms with Crippen molar-refractivity contribution in [2.75, 3.05) is 0 Å². The summed E-state index contributed by atoms with van der Waals surface area (Å²) >= 11 is 0. The van der Waals surface area contributed by atoms with Crippen LogP contribution < -0.4 is 10.6 Å². The molecule has 1 heterocycles.